The second kappa shape index (κ2) is 11.5. The van der Waals surface area contributed by atoms with Crippen LogP contribution in [0.25, 0.3) is 21.8 Å². The molecule has 1 saturated heterocycles. The molecule has 2 N–H and O–H groups in total. The van der Waals surface area contributed by atoms with Crippen molar-refractivity contribution in [2.24, 2.45) is 0 Å². The summed E-state index contributed by atoms with van der Waals surface area (Å²) in [6.07, 6.45) is 2.47. The molecule has 5 aromatic rings. The number of aryl methyl sites for hydroxylation is 2. The van der Waals surface area contributed by atoms with Crippen LogP contribution in [0.4, 0.5) is 13.2 Å². The number of pyridine rings is 1. The molecule has 0 spiro atoms. The standard InChI is InChI=1S/C32H24F3N5O4S/c33-18-7-3-16(4-8-18)6-10-21-25(29-38-32(43)44-39-29)26(27-28(37-21)22-2-1-13-40(22)31(27)42)23-11-12-24(45-23)30(41)36-15-17-5-9-19(34)20(35)14-17/h3-5,7-9,11-12,14,22H,1-2,6,10,13,15H2,(H,36,41)(H,38,39,43)/t22-/m0/s1. The topological polar surface area (TPSA) is 121 Å². The highest BCUT2D eigenvalue weighted by atomic mass is 32.1. The molecule has 45 heavy (non-hydrogen) atoms. The van der Waals surface area contributed by atoms with Crippen LogP contribution in [0.15, 0.2) is 63.9 Å². The molecule has 0 bridgehead atoms. The summed E-state index contributed by atoms with van der Waals surface area (Å²) in [5, 5.41) is 6.67. The SMILES string of the molecule is O=C(NCc1ccc(F)c(F)c1)c1ccc(-c2c3c(nc(CCc4ccc(F)cc4)c2-c2noc(=O)[nH]2)[C@@H]2CCCN2C3=O)s1. The average molecular weight is 632 g/mol. The Hall–Kier alpha value is -5.04. The third kappa shape index (κ3) is 5.33. The molecule has 0 unspecified atom stereocenters. The normalized spacial score (nSPS) is 15.4. The number of nitrogens with zero attached hydrogens (tertiary/aromatic N) is 3. The van der Waals surface area contributed by atoms with Crippen molar-refractivity contribution >= 4 is 23.2 Å². The summed E-state index contributed by atoms with van der Waals surface area (Å²) >= 11 is 1.13. The van der Waals surface area contributed by atoms with E-state index in [0.717, 1.165) is 41.9 Å². The van der Waals surface area contributed by atoms with E-state index in [0.29, 0.717) is 62.8 Å². The molecular weight excluding hydrogens is 607 g/mol. The fourth-order valence-electron chi connectivity index (χ4n) is 6.00. The van der Waals surface area contributed by atoms with Crippen LogP contribution in [0.3, 0.4) is 0 Å². The fourth-order valence-corrected chi connectivity index (χ4v) is 6.98. The van der Waals surface area contributed by atoms with E-state index >= 15 is 0 Å². The van der Waals surface area contributed by atoms with Crippen LogP contribution in [-0.4, -0.2) is 38.4 Å². The average Bonchev–Trinajstić information content (AvgIpc) is 3.84. The Labute approximate surface area is 257 Å². The number of hydrogen-bond acceptors (Lipinski definition) is 7. The number of hydrogen-bond donors (Lipinski definition) is 2. The molecular formula is C32H24F3N5O4S. The molecule has 2 aliphatic rings. The van der Waals surface area contributed by atoms with Crippen molar-refractivity contribution in [3.63, 3.8) is 0 Å². The van der Waals surface area contributed by atoms with Gasteiger partial charge >= 0.3 is 5.76 Å². The summed E-state index contributed by atoms with van der Waals surface area (Å²) in [4.78, 5) is 49.3. The summed E-state index contributed by atoms with van der Waals surface area (Å²) in [5.41, 5.74) is 3.75. The number of H-pyrrole nitrogens is 1. The van der Waals surface area contributed by atoms with E-state index in [1.807, 2.05) is 0 Å². The van der Waals surface area contributed by atoms with Gasteiger partial charge in [0.25, 0.3) is 11.8 Å². The van der Waals surface area contributed by atoms with Gasteiger partial charge in [-0.25, -0.2) is 18.0 Å². The highest BCUT2D eigenvalue weighted by Gasteiger charge is 2.44. The van der Waals surface area contributed by atoms with Crippen molar-refractivity contribution in [3.05, 3.63) is 116 Å². The van der Waals surface area contributed by atoms with Crippen LogP contribution < -0.4 is 11.1 Å². The summed E-state index contributed by atoms with van der Waals surface area (Å²) in [6.45, 7) is 0.560. The smallest absolute Gasteiger partial charge is 0.347 e. The van der Waals surface area contributed by atoms with E-state index < -0.39 is 23.3 Å². The number of aromatic nitrogens is 3. The number of nitrogens with one attached hydrogen (secondary N) is 2. The lowest BCUT2D eigenvalue weighted by Crippen LogP contribution is -2.23. The minimum Gasteiger partial charge on any atom is -0.347 e. The summed E-state index contributed by atoms with van der Waals surface area (Å²) < 4.78 is 45.4. The van der Waals surface area contributed by atoms with Gasteiger partial charge in [0.2, 0.25) is 0 Å². The van der Waals surface area contributed by atoms with E-state index in [1.165, 1.54) is 18.2 Å². The van der Waals surface area contributed by atoms with Crippen molar-refractivity contribution in [2.45, 2.75) is 38.3 Å². The van der Waals surface area contributed by atoms with Gasteiger partial charge in [-0.3, -0.25) is 24.1 Å². The molecule has 0 aliphatic carbocycles. The molecule has 9 nitrogen and oxygen atoms in total. The number of benzene rings is 2. The number of carbonyl (C=O) groups excluding carboxylic acids is 2. The maximum Gasteiger partial charge on any atom is 0.439 e. The molecule has 2 aromatic carbocycles. The molecule has 2 amide bonds. The van der Waals surface area contributed by atoms with Crippen molar-refractivity contribution in [1.82, 2.24) is 25.3 Å². The highest BCUT2D eigenvalue weighted by molar-refractivity contribution is 7.17. The molecule has 0 radical (unpaired) electrons. The predicted molar refractivity (Wildman–Crippen MR) is 158 cm³/mol. The van der Waals surface area contributed by atoms with Gasteiger partial charge in [-0.2, -0.15) is 0 Å². The quantitative estimate of drug-likeness (QED) is 0.231. The van der Waals surface area contributed by atoms with Crippen molar-refractivity contribution in [3.8, 4) is 21.8 Å². The maximum atomic E-state index is 13.8. The Balaban J connectivity index is 1.31. The molecule has 228 valence electrons. The summed E-state index contributed by atoms with van der Waals surface area (Å²) in [7, 11) is 0. The maximum absolute atomic E-state index is 13.8. The van der Waals surface area contributed by atoms with E-state index in [-0.39, 0.29) is 30.1 Å². The lowest BCUT2D eigenvalue weighted by atomic mass is 9.93. The summed E-state index contributed by atoms with van der Waals surface area (Å²) in [5.74, 6) is -3.65. The second-order valence-electron chi connectivity index (χ2n) is 10.9. The Morgan fingerprint density at radius 1 is 0.978 bits per heavy atom. The molecule has 7 rings (SSSR count). The van der Waals surface area contributed by atoms with E-state index in [4.69, 9.17) is 9.51 Å². The minimum absolute atomic E-state index is 0.0258. The third-order valence-corrected chi connectivity index (χ3v) is 9.20. The van der Waals surface area contributed by atoms with E-state index in [9.17, 15) is 27.6 Å². The Morgan fingerprint density at radius 3 is 2.53 bits per heavy atom. The zero-order valence-corrected chi connectivity index (χ0v) is 24.3. The third-order valence-electron chi connectivity index (χ3n) is 8.10. The first-order valence-corrected chi connectivity index (χ1v) is 15.1. The van der Waals surface area contributed by atoms with Crippen LogP contribution >= 0.6 is 11.3 Å². The van der Waals surface area contributed by atoms with Crippen LogP contribution in [0, 0.1) is 17.5 Å². The van der Waals surface area contributed by atoms with E-state index in [1.54, 1.807) is 29.2 Å². The van der Waals surface area contributed by atoms with Crippen LogP contribution in [0.1, 0.15) is 61.4 Å². The van der Waals surface area contributed by atoms with Gasteiger partial charge in [0.1, 0.15) is 5.82 Å². The number of halogens is 3. The van der Waals surface area contributed by atoms with Gasteiger partial charge in [0, 0.05) is 23.5 Å². The van der Waals surface area contributed by atoms with Crippen molar-refractivity contribution in [1.29, 1.82) is 0 Å². The number of carbonyl (C=O) groups is 2. The van der Waals surface area contributed by atoms with Crippen LogP contribution in [0.2, 0.25) is 0 Å². The first-order valence-electron chi connectivity index (χ1n) is 14.3. The Kier molecular flexibility index (Phi) is 7.32. The predicted octanol–water partition coefficient (Wildman–Crippen LogP) is 5.58. The first-order chi connectivity index (χ1) is 21.8. The highest BCUT2D eigenvalue weighted by Crippen LogP contribution is 2.48. The number of fused-ring (bicyclic) bond motifs is 3. The Morgan fingerprint density at radius 2 is 1.78 bits per heavy atom. The van der Waals surface area contributed by atoms with Gasteiger partial charge in [-0.1, -0.05) is 23.4 Å². The van der Waals surface area contributed by atoms with Crippen molar-refractivity contribution in [2.75, 3.05) is 6.54 Å². The lowest BCUT2D eigenvalue weighted by molar-refractivity contribution is 0.0776. The van der Waals surface area contributed by atoms with Crippen molar-refractivity contribution < 1.29 is 27.3 Å². The zero-order valence-electron chi connectivity index (χ0n) is 23.5. The zero-order chi connectivity index (χ0) is 31.2. The molecule has 5 heterocycles. The summed E-state index contributed by atoms with van der Waals surface area (Å²) in [6, 6.07) is 12.7. The van der Waals surface area contributed by atoms with Gasteiger partial charge in [-0.05, 0) is 73.2 Å². The fraction of sp³-hybridized carbons (Fsp3) is 0.219. The lowest BCUT2D eigenvalue weighted by Gasteiger charge is -2.16. The van der Waals surface area contributed by atoms with Gasteiger partial charge < -0.3 is 10.2 Å². The second-order valence-corrected chi connectivity index (χ2v) is 12.0. The molecule has 1 atom stereocenters. The van der Waals surface area contributed by atoms with E-state index in [2.05, 4.69) is 15.5 Å². The molecule has 13 heteroatoms. The largest absolute Gasteiger partial charge is 0.439 e. The van der Waals surface area contributed by atoms with Gasteiger partial charge in [-0.15, -0.1) is 11.3 Å². The monoisotopic (exact) mass is 631 g/mol. The number of rotatable bonds is 8. The number of amides is 2. The minimum atomic E-state index is -1.01. The van der Waals surface area contributed by atoms with Gasteiger partial charge in [0.15, 0.2) is 17.5 Å². The van der Waals surface area contributed by atoms with Crippen LogP contribution in [0.5, 0.6) is 0 Å². The van der Waals surface area contributed by atoms with Gasteiger partial charge in [0.05, 0.1) is 33.4 Å². The molecule has 1 fully saturated rings. The number of thiophene rings is 1. The van der Waals surface area contributed by atoms with Crippen LogP contribution in [-0.2, 0) is 19.4 Å². The first kappa shape index (κ1) is 28.7. The Bertz CT molecular complexity index is 2020. The number of aromatic amines is 1. The molecule has 2 aliphatic heterocycles. The molecule has 3 aromatic heterocycles. The molecule has 0 saturated carbocycles.